The third-order valence-corrected chi connectivity index (χ3v) is 7.87. The molecule has 0 radical (unpaired) electrons. The predicted molar refractivity (Wildman–Crippen MR) is 138 cm³/mol. The van der Waals surface area contributed by atoms with Crippen LogP contribution in [-0.2, 0) is 13.5 Å². The summed E-state index contributed by atoms with van der Waals surface area (Å²) in [5.74, 6) is 0.834. The maximum absolute atomic E-state index is 9.66. The average molecular weight is 446 g/mol. The Kier molecular flexibility index (Phi) is 4.92. The minimum Gasteiger partial charge on any atom is -0.454 e. The van der Waals surface area contributed by atoms with Gasteiger partial charge in [-0.2, -0.15) is 5.26 Å². The Hall–Kier alpha value is -3.64. The lowest BCUT2D eigenvalue weighted by molar-refractivity contribution is -0.659. The van der Waals surface area contributed by atoms with Gasteiger partial charge in [-0.15, -0.1) is 0 Å². The fraction of sp³-hybridized carbons (Fsp3) is 0.290. The van der Waals surface area contributed by atoms with Crippen molar-refractivity contribution in [2.24, 2.45) is 13.0 Å². The zero-order valence-electron chi connectivity index (χ0n) is 20.1. The van der Waals surface area contributed by atoms with Crippen LogP contribution in [0.4, 0.5) is 0 Å². The molecule has 2 aromatic heterocycles. The van der Waals surface area contributed by atoms with E-state index in [0.717, 1.165) is 33.5 Å². The fourth-order valence-corrected chi connectivity index (χ4v) is 5.94. The van der Waals surface area contributed by atoms with Crippen molar-refractivity contribution < 1.29 is 8.98 Å². The highest BCUT2D eigenvalue weighted by Crippen LogP contribution is 2.41. The van der Waals surface area contributed by atoms with Crippen LogP contribution in [0.25, 0.3) is 44.0 Å². The molecule has 0 spiro atoms. The molecular weight excluding hydrogens is 416 g/mol. The number of para-hydroxylation sites is 1. The largest absolute Gasteiger partial charge is 0.454 e. The van der Waals surface area contributed by atoms with E-state index in [9.17, 15) is 5.26 Å². The number of rotatable bonds is 3. The summed E-state index contributed by atoms with van der Waals surface area (Å²) < 4.78 is 8.68. The van der Waals surface area contributed by atoms with Crippen molar-refractivity contribution in [1.29, 1.82) is 5.26 Å². The van der Waals surface area contributed by atoms with Crippen LogP contribution in [0.5, 0.6) is 0 Å². The van der Waals surface area contributed by atoms with Gasteiger partial charge in [0, 0.05) is 16.8 Å². The molecule has 168 valence electrons. The Bertz CT molecular complexity index is 1630. The van der Waals surface area contributed by atoms with Crippen LogP contribution in [0, 0.1) is 31.1 Å². The molecule has 1 aliphatic rings. The minimum atomic E-state index is 0.578. The van der Waals surface area contributed by atoms with Crippen LogP contribution in [0.1, 0.15) is 47.9 Å². The van der Waals surface area contributed by atoms with E-state index in [-0.39, 0.29) is 0 Å². The lowest BCUT2D eigenvalue weighted by Crippen LogP contribution is -2.31. The monoisotopic (exact) mass is 445 g/mol. The van der Waals surface area contributed by atoms with Gasteiger partial charge < -0.3 is 4.42 Å². The molecule has 34 heavy (non-hydrogen) atoms. The van der Waals surface area contributed by atoms with Crippen molar-refractivity contribution in [1.82, 2.24) is 0 Å². The Labute approximate surface area is 200 Å². The van der Waals surface area contributed by atoms with E-state index in [1.54, 1.807) is 0 Å². The van der Waals surface area contributed by atoms with E-state index in [0.29, 0.717) is 11.1 Å². The molecule has 1 aliphatic carbocycles. The third-order valence-electron chi connectivity index (χ3n) is 7.87. The Balaban J connectivity index is 1.62. The second kappa shape index (κ2) is 7.99. The van der Waals surface area contributed by atoms with E-state index >= 15 is 0 Å². The van der Waals surface area contributed by atoms with Crippen molar-refractivity contribution in [2.75, 3.05) is 0 Å². The van der Waals surface area contributed by atoms with Crippen LogP contribution in [-0.4, -0.2) is 0 Å². The summed E-state index contributed by atoms with van der Waals surface area (Å²) in [6, 6.07) is 19.5. The van der Waals surface area contributed by atoms with Crippen LogP contribution in [0.2, 0.25) is 0 Å². The smallest absolute Gasteiger partial charge is 0.224 e. The quantitative estimate of drug-likeness (QED) is 0.271. The van der Waals surface area contributed by atoms with Gasteiger partial charge in [0.15, 0.2) is 11.8 Å². The van der Waals surface area contributed by atoms with Crippen molar-refractivity contribution in [3.8, 4) is 17.3 Å². The van der Waals surface area contributed by atoms with Gasteiger partial charge in [0.1, 0.15) is 18.7 Å². The minimum absolute atomic E-state index is 0.578. The molecule has 6 rings (SSSR count). The number of nitriles is 1. The lowest BCUT2D eigenvalue weighted by atomic mass is 9.92. The predicted octanol–water partition coefficient (Wildman–Crippen LogP) is 7.45. The van der Waals surface area contributed by atoms with Gasteiger partial charge in [-0.3, -0.25) is 0 Å². The molecule has 3 heteroatoms. The van der Waals surface area contributed by atoms with Gasteiger partial charge in [-0.1, -0.05) is 49.9 Å². The van der Waals surface area contributed by atoms with Gasteiger partial charge in [0.25, 0.3) is 0 Å². The van der Waals surface area contributed by atoms with Gasteiger partial charge >= 0.3 is 0 Å². The summed E-state index contributed by atoms with van der Waals surface area (Å²) in [7, 11) is 2.11. The molecule has 1 fully saturated rings. The van der Waals surface area contributed by atoms with Crippen LogP contribution in [0.15, 0.2) is 59.1 Å². The maximum atomic E-state index is 9.66. The van der Waals surface area contributed by atoms with E-state index in [1.807, 2.05) is 12.1 Å². The van der Waals surface area contributed by atoms with Gasteiger partial charge in [-0.05, 0) is 66.5 Å². The molecule has 3 nitrogen and oxygen atoms in total. The zero-order chi connectivity index (χ0) is 23.4. The number of furan rings is 1. The van der Waals surface area contributed by atoms with Gasteiger partial charge in [0.05, 0.1) is 16.5 Å². The number of aryl methyl sites for hydroxylation is 2. The first-order valence-electron chi connectivity index (χ1n) is 12.3. The normalized spacial score (nSPS) is 14.4. The number of fused-ring (bicyclic) bond motifs is 4. The Morgan fingerprint density at radius 2 is 1.79 bits per heavy atom. The number of benzene rings is 3. The molecule has 0 amide bonds. The molecule has 0 bridgehead atoms. The molecule has 0 unspecified atom stereocenters. The van der Waals surface area contributed by atoms with E-state index in [1.165, 1.54) is 59.6 Å². The molecule has 0 saturated heterocycles. The van der Waals surface area contributed by atoms with Crippen LogP contribution < -0.4 is 4.57 Å². The Morgan fingerprint density at radius 1 is 0.971 bits per heavy atom. The summed E-state index contributed by atoms with van der Waals surface area (Å²) in [6.07, 6.45) is 8.83. The van der Waals surface area contributed by atoms with Crippen LogP contribution in [0.3, 0.4) is 0 Å². The van der Waals surface area contributed by atoms with Crippen molar-refractivity contribution in [3.63, 3.8) is 0 Å². The molecule has 3 aromatic carbocycles. The van der Waals surface area contributed by atoms with E-state index in [4.69, 9.17) is 4.42 Å². The van der Waals surface area contributed by atoms with Gasteiger partial charge in [0.2, 0.25) is 5.69 Å². The lowest BCUT2D eigenvalue weighted by Gasteiger charge is -2.13. The summed E-state index contributed by atoms with van der Waals surface area (Å²) in [4.78, 5) is 0. The SMILES string of the molecule is Cc1cc2c(oc3c(C#N)cccc32)c(-c2c3ccc(CC4CCCC4)cc3cc[n+]2C)c1C. The zero-order valence-corrected chi connectivity index (χ0v) is 20.1. The second-order valence-corrected chi connectivity index (χ2v) is 10.0. The summed E-state index contributed by atoms with van der Waals surface area (Å²) in [5.41, 5.74) is 8.26. The number of hydrogen-bond donors (Lipinski definition) is 0. The summed E-state index contributed by atoms with van der Waals surface area (Å²) in [6.45, 7) is 4.34. The molecule has 5 aromatic rings. The first kappa shape index (κ1) is 20.9. The summed E-state index contributed by atoms with van der Waals surface area (Å²) in [5, 5.41) is 14.2. The topological polar surface area (TPSA) is 40.8 Å². The van der Waals surface area contributed by atoms with Crippen molar-refractivity contribution in [2.45, 2.75) is 46.0 Å². The second-order valence-electron chi connectivity index (χ2n) is 10.0. The molecular formula is C31H29N2O+. The van der Waals surface area contributed by atoms with E-state index < -0.39 is 0 Å². The molecule has 2 heterocycles. The highest BCUT2D eigenvalue weighted by molar-refractivity contribution is 6.13. The van der Waals surface area contributed by atoms with Crippen LogP contribution >= 0.6 is 0 Å². The molecule has 0 aliphatic heterocycles. The third kappa shape index (κ3) is 3.21. The molecule has 0 N–H and O–H groups in total. The highest BCUT2D eigenvalue weighted by atomic mass is 16.3. The van der Waals surface area contributed by atoms with E-state index in [2.05, 4.69) is 74.1 Å². The fourth-order valence-electron chi connectivity index (χ4n) is 5.94. The number of nitrogens with zero attached hydrogens (tertiary/aromatic N) is 2. The van der Waals surface area contributed by atoms with Crippen molar-refractivity contribution >= 4 is 32.7 Å². The standard InChI is InChI=1S/C31H29N2O/c1-19-15-27-26-10-6-9-24(18-32)30(26)34-31(27)28(20(19)2)29-25-12-11-22(16-21-7-4-5-8-21)17-23(25)13-14-33(29)3/h6,9-15,17,21H,4-5,7-8,16H2,1-3H3/q+1. The van der Waals surface area contributed by atoms with Crippen molar-refractivity contribution in [3.05, 3.63) is 77.0 Å². The number of aromatic nitrogens is 1. The number of hydrogen-bond acceptors (Lipinski definition) is 2. The number of pyridine rings is 1. The molecule has 1 saturated carbocycles. The highest BCUT2D eigenvalue weighted by Gasteiger charge is 2.25. The Morgan fingerprint density at radius 3 is 2.59 bits per heavy atom. The average Bonchev–Trinajstić information content (AvgIpc) is 3.48. The first-order valence-corrected chi connectivity index (χ1v) is 12.3. The first-order chi connectivity index (χ1) is 16.5. The maximum Gasteiger partial charge on any atom is 0.224 e. The molecule has 0 atom stereocenters. The summed E-state index contributed by atoms with van der Waals surface area (Å²) >= 11 is 0. The van der Waals surface area contributed by atoms with Gasteiger partial charge in [-0.25, -0.2) is 4.57 Å².